The van der Waals surface area contributed by atoms with Gasteiger partial charge >= 0.3 is 0 Å². The van der Waals surface area contributed by atoms with Gasteiger partial charge < -0.3 is 19.9 Å². The highest BCUT2D eigenvalue weighted by molar-refractivity contribution is 9.10. The van der Waals surface area contributed by atoms with E-state index in [1.54, 1.807) is 7.11 Å². The van der Waals surface area contributed by atoms with Crippen molar-refractivity contribution in [1.82, 2.24) is 5.32 Å². The Balaban J connectivity index is 2.87. The molecule has 0 aliphatic heterocycles. The van der Waals surface area contributed by atoms with Gasteiger partial charge in [-0.2, -0.15) is 0 Å². The molecule has 0 radical (unpaired) electrons. The molecule has 0 bridgehead atoms. The summed E-state index contributed by atoms with van der Waals surface area (Å²) in [5.41, 5.74) is 1.12. The number of hydrogen-bond acceptors (Lipinski definition) is 4. The van der Waals surface area contributed by atoms with Gasteiger partial charge in [-0.05, 0) is 40.7 Å². The Hall–Kier alpha value is -0.780. The molecule has 0 saturated carbocycles. The fourth-order valence-electron chi connectivity index (χ4n) is 1.46. The van der Waals surface area contributed by atoms with E-state index < -0.39 is 0 Å². The van der Waals surface area contributed by atoms with E-state index in [2.05, 4.69) is 21.2 Å². The third kappa shape index (κ3) is 4.18. The van der Waals surface area contributed by atoms with Crippen molar-refractivity contribution in [3.05, 3.63) is 22.2 Å². The summed E-state index contributed by atoms with van der Waals surface area (Å²) in [5, 5.41) is 11.8. The molecular formula is C12H18BrNO3. The first-order valence-electron chi connectivity index (χ1n) is 5.47. The standard InChI is InChI=1S/C12H18BrNO3/c1-14-8-9-6-10(13)12(11(7-9)16-2)17-5-3-4-15/h6-7,14-15H,3-5,8H2,1-2H3. The lowest BCUT2D eigenvalue weighted by Gasteiger charge is -2.14. The second kappa shape index (κ2) is 7.53. The Morgan fingerprint density at radius 2 is 2.18 bits per heavy atom. The largest absolute Gasteiger partial charge is 0.493 e. The number of hydrogen-bond donors (Lipinski definition) is 2. The van der Waals surface area contributed by atoms with Gasteiger partial charge in [-0.1, -0.05) is 0 Å². The summed E-state index contributed by atoms with van der Waals surface area (Å²) in [6.07, 6.45) is 0.605. The first kappa shape index (κ1) is 14.3. The molecule has 0 amide bonds. The minimum absolute atomic E-state index is 0.123. The third-order valence-electron chi connectivity index (χ3n) is 2.22. The third-order valence-corrected chi connectivity index (χ3v) is 2.81. The molecule has 0 saturated heterocycles. The molecule has 0 fully saturated rings. The van der Waals surface area contributed by atoms with Crippen LogP contribution in [0.1, 0.15) is 12.0 Å². The maximum Gasteiger partial charge on any atom is 0.175 e. The van der Waals surface area contributed by atoms with Crippen LogP contribution >= 0.6 is 15.9 Å². The predicted molar refractivity (Wildman–Crippen MR) is 70.7 cm³/mol. The number of nitrogens with one attached hydrogen (secondary N) is 1. The zero-order chi connectivity index (χ0) is 12.7. The minimum Gasteiger partial charge on any atom is -0.493 e. The van der Waals surface area contributed by atoms with Gasteiger partial charge in [0.1, 0.15) is 0 Å². The molecule has 0 atom stereocenters. The Morgan fingerprint density at radius 3 is 2.76 bits per heavy atom. The first-order valence-corrected chi connectivity index (χ1v) is 6.27. The summed E-state index contributed by atoms with van der Waals surface area (Å²) in [6.45, 7) is 1.36. The van der Waals surface area contributed by atoms with Gasteiger partial charge in [-0.3, -0.25) is 0 Å². The fourth-order valence-corrected chi connectivity index (χ4v) is 2.06. The lowest BCUT2D eigenvalue weighted by molar-refractivity contribution is 0.227. The number of benzene rings is 1. The van der Waals surface area contributed by atoms with E-state index in [0.29, 0.717) is 24.5 Å². The molecule has 1 rings (SSSR count). The molecule has 0 aliphatic rings. The van der Waals surface area contributed by atoms with Crippen molar-refractivity contribution in [3.63, 3.8) is 0 Å². The van der Waals surface area contributed by atoms with E-state index in [-0.39, 0.29) is 6.61 Å². The highest BCUT2D eigenvalue weighted by Crippen LogP contribution is 2.36. The molecule has 96 valence electrons. The van der Waals surface area contributed by atoms with E-state index in [9.17, 15) is 0 Å². The number of halogens is 1. The summed E-state index contributed by atoms with van der Waals surface area (Å²) in [6, 6.07) is 3.93. The topological polar surface area (TPSA) is 50.7 Å². The van der Waals surface area contributed by atoms with Crippen LogP contribution in [0.15, 0.2) is 16.6 Å². The van der Waals surface area contributed by atoms with Crippen LogP contribution in [0, 0.1) is 0 Å². The van der Waals surface area contributed by atoms with Gasteiger partial charge in [0, 0.05) is 19.6 Å². The number of aliphatic hydroxyl groups is 1. The molecule has 5 heteroatoms. The summed E-state index contributed by atoms with van der Waals surface area (Å²) in [5.74, 6) is 1.38. The van der Waals surface area contributed by atoms with E-state index in [0.717, 1.165) is 16.6 Å². The summed E-state index contributed by atoms with van der Waals surface area (Å²) >= 11 is 3.47. The molecule has 0 aromatic heterocycles. The Morgan fingerprint density at radius 1 is 1.41 bits per heavy atom. The molecule has 0 spiro atoms. The van der Waals surface area contributed by atoms with Crippen molar-refractivity contribution in [2.45, 2.75) is 13.0 Å². The zero-order valence-electron chi connectivity index (χ0n) is 10.1. The molecule has 1 aromatic rings. The van der Waals surface area contributed by atoms with Crippen LogP contribution in [0.25, 0.3) is 0 Å². The molecule has 17 heavy (non-hydrogen) atoms. The molecule has 1 aromatic carbocycles. The maximum absolute atomic E-state index is 8.72. The molecule has 0 heterocycles. The van der Waals surface area contributed by atoms with Crippen molar-refractivity contribution >= 4 is 15.9 Å². The Bertz CT molecular complexity index is 358. The van der Waals surface area contributed by atoms with Crippen molar-refractivity contribution in [2.75, 3.05) is 27.4 Å². The average molecular weight is 304 g/mol. The van der Waals surface area contributed by atoms with Gasteiger partial charge in [-0.15, -0.1) is 0 Å². The predicted octanol–water partition coefficient (Wildman–Crippen LogP) is 1.94. The van der Waals surface area contributed by atoms with Gasteiger partial charge in [-0.25, -0.2) is 0 Å². The fraction of sp³-hybridized carbons (Fsp3) is 0.500. The number of aliphatic hydroxyl groups excluding tert-OH is 1. The molecule has 0 aliphatic carbocycles. The lowest BCUT2D eigenvalue weighted by Crippen LogP contribution is -2.07. The van der Waals surface area contributed by atoms with Crippen molar-refractivity contribution in [1.29, 1.82) is 0 Å². The van der Waals surface area contributed by atoms with Gasteiger partial charge in [0.15, 0.2) is 11.5 Å². The van der Waals surface area contributed by atoms with Gasteiger partial charge in [0.25, 0.3) is 0 Å². The lowest BCUT2D eigenvalue weighted by atomic mass is 10.2. The number of methoxy groups -OCH3 is 1. The summed E-state index contributed by atoms with van der Waals surface area (Å²) in [4.78, 5) is 0. The van der Waals surface area contributed by atoms with Crippen LogP contribution in [0.4, 0.5) is 0 Å². The van der Waals surface area contributed by atoms with Crippen LogP contribution in [0.2, 0.25) is 0 Å². The van der Waals surface area contributed by atoms with E-state index in [1.165, 1.54) is 0 Å². The van der Waals surface area contributed by atoms with E-state index >= 15 is 0 Å². The van der Waals surface area contributed by atoms with Crippen LogP contribution in [-0.4, -0.2) is 32.5 Å². The quantitative estimate of drug-likeness (QED) is 0.756. The highest BCUT2D eigenvalue weighted by atomic mass is 79.9. The molecule has 4 nitrogen and oxygen atoms in total. The summed E-state index contributed by atoms with van der Waals surface area (Å²) in [7, 11) is 3.51. The molecular weight excluding hydrogens is 286 g/mol. The maximum atomic E-state index is 8.72. The SMILES string of the molecule is CNCc1cc(Br)c(OCCCO)c(OC)c1. The highest BCUT2D eigenvalue weighted by Gasteiger charge is 2.11. The first-order chi connectivity index (χ1) is 8.22. The Labute approximate surface area is 110 Å². The number of ether oxygens (including phenoxy) is 2. The summed E-state index contributed by atoms with van der Waals surface area (Å²) < 4.78 is 11.7. The van der Waals surface area contributed by atoms with Crippen molar-refractivity contribution < 1.29 is 14.6 Å². The molecule has 0 unspecified atom stereocenters. The van der Waals surface area contributed by atoms with Crippen molar-refractivity contribution in [2.24, 2.45) is 0 Å². The van der Waals surface area contributed by atoms with Gasteiger partial charge in [0.05, 0.1) is 18.2 Å². The van der Waals surface area contributed by atoms with Gasteiger partial charge in [0.2, 0.25) is 0 Å². The van der Waals surface area contributed by atoms with Crippen LogP contribution < -0.4 is 14.8 Å². The second-order valence-electron chi connectivity index (χ2n) is 3.56. The van der Waals surface area contributed by atoms with E-state index in [4.69, 9.17) is 14.6 Å². The molecule has 2 N–H and O–H groups in total. The second-order valence-corrected chi connectivity index (χ2v) is 4.42. The average Bonchev–Trinajstić information content (AvgIpc) is 2.32. The van der Waals surface area contributed by atoms with Crippen molar-refractivity contribution in [3.8, 4) is 11.5 Å². The smallest absolute Gasteiger partial charge is 0.175 e. The van der Waals surface area contributed by atoms with Crippen LogP contribution in [0.3, 0.4) is 0 Å². The zero-order valence-corrected chi connectivity index (χ0v) is 11.7. The van der Waals surface area contributed by atoms with Crippen LogP contribution in [-0.2, 0) is 6.54 Å². The minimum atomic E-state index is 0.123. The Kier molecular flexibility index (Phi) is 6.32. The number of rotatable bonds is 7. The monoisotopic (exact) mass is 303 g/mol. The van der Waals surface area contributed by atoms with E-state index in [1.807, 2.05) is 19.2 Å². The van der Waals surface area contributed by atoms with Crippen LogP contribution in [0.5, 0.6) is 11.5 Å². The normalized spacial score (nSPS) is 10.4.